The van der Waals surface area contributed by atoms with E-state index >= 15 is 0 Å². The number of aryl methyl sites for hydroxylation is 1. The highest BCUT2D eigenvalue weighted by Gasteiger charge is 2.55. The summed E-state index contributed by atoms with van der Waals surface area (Å²) in [5, 5.41) is 6.36. The number of nitrogens with one attached hydrogen (secondary N) is 1. The van der Waals surface area contributed by atoms with Crippen LogP contribution in [0.4, 0.5) is 33.5 Å². The maximum absolute atomic E-state index is 14.8. The van der Waals surface area contributed by atoms with Crippen LogP contribution in [0.3, 0.4) is 0 Å². The normalized spacial score (nSPS) is 19.8. The van der Waals surface area contributed by atoms with E-state index in [9.17, 15) is 31.5 Å². The first-order valence-electron chi connectivity index (χ1n) is 13.9. The van der Waals surface area contributed by atoms with E-state index in [1.54, 1.807) is 6.92 Å². The number of hydrogen-bond donors (Lipinski definition) is 1. The molecule has 1 N–H and O–H groups in total. The number of amides is 2. The minimum absolute atomic E-state index is 0.0502. The first-order chi connectivity index (χ1) is 21.8. The predicted octanol–water partition coefficient (Wildman–Crippen LogP) is 5.94. The third kappa shape index (κ3) is 4.96. The Morgan fingerprint density at radius 1 is 1.13 bits per heavy atom. The van der Waals surface area contributed by atoms with Crippen molar-refractivity contribution in [1.82, 2.24) is 24.7 Å². The highest BCUT2D eigenvalue weighted by Crippen LogP contribution is 2.54. The number of halogens is 6. The summed E-state index contributed by atoms with van der Waals surface area (Å²) in [5.74, 6) is -2.83. The lowest BCUT2D eigenvalue weighted by Crippen LogP contribution is -2.30. The number of alkyl halides is 4. The van der Waals surface area contributed by atoms with Crippen molar-refractivity contribution < 1.29 is 41.0 Å². The van der Waals surface area contributed by atoms with Gasteiger partial charge in [-0.05, 0) is 32.3 Å². The number of aromatic nitrogens is 5. The molecule has 0 spiro atoms. The third-order valence-corrected chi connectivity index (χ3v) is 8.40. The topological polar surface area (TPSA) is 124 Å². The molecule has 0 radical (unpaired) electrons. The minimum atomic E-state index is -3.99. The van der Waals surface area contributed by atoms with Crippen LogP contribution in [0.5, 0.6) is 11.5 Å². The van der Waals surface area contributed by atoms with Gasteiger partial charge in [0.05, 0.1) is 40.5 Å². The molecule has 2 amide bonds. The van der Waals surface area contributed by atoms with E-state index in [1.165, 1.54) is 35.1 Å². The molecular weight excluding hydrogens is 641 g/mol. The van der Waals surface area contributed by atoms with E-state index in [0.717, 1.165) is 24.8 Å². The van der Waals surface area contributed by atoms with Gasteiger partial charge in [-0.2, -0.15) is 5.10 Å². The van der Waals surface area contributed by atoms with Crippen LogP contribution in [-0.4, -0.2) is 49.4 Å². The summed E-state index contributed by atoms with van der Waals surface area (Å²) in [7, 11) is 0. The Morgan fingerprint density at radius 2 is 1.89 bits per heavy atom. The molecule has 5 heterocycles. The van der Waals surface area contributed by atoms with E-state index in [-0.39, 0.29) is 63.4 Å². The Kier molecular flexibility index (Phi) is 6.88. The van der Waals surface area contributed by atoms with Crippen molar-refractivity contribution in [2.24, 2.45) is 11.8 Å². The molecule has 3 aromatic heterocycles. The molecule has 11 nitrogen and oxygen atoms in total. The van der Waals surface area contributed by atoms with Crippen molar-refractivity contribution in [1.29, 1.82) is 0 Å². The molecule has 2 aliphatic heterocycles. The van der Waals surface area contributed by atoms with Crippen molar-refractivity contribution in [2.75, 3.05) is 16.8 Å². The quantitative estimate of drug-likeness (QED) is 0.242. The summed E-state index contributed by atoms with van der Waals surface area (Å²) in [6.45, 7) is 3.42. The standard InChI is InChI=1S/C29H21ClF5N7O4/c1-11-22(40-19(8-36-11)20-15(25(32)33)3-4-18(30)21(20)31)27(43)39-14-6-38-42(10-14)12(2)17-7-37-26(24-23(17)45-29(34,35)46-24)41-9-13-5-16(13)28(41)44/h3-4,6-8,10,12-13,16,25H,5,9H2,1-2H3,(H,39,43)/t12?,13-,16-/m1/s1. The molecule has 1 aliphatic carbocycles. The van der Waals surface area contributed by atoms with Gasteiger partial charge < -0.3 is 14.8 Å². The number of pyridine rings is 1. The van der Waals surface area contributed by atoms with Crippen LogP contribution in [0.25, 0.3) is 11.3 Å². The summed E-state index contributed by atoms with van der Waals surface area (Å²) < 4.78 is 81.7. The summed E-state index contributed by atoms with van der Waals surface area (Å²) in [6, 6.07) is 1.19. The van der Waals surface area contributed by atoms with Crippen LogP contribution >= 0.6 is 11.6 Å². The van der Waals surface area contributed by atoms with Crippen LogP contribution in [0.1, 0.15) is 53.1 Å². The van der Waals surface area contributed by atoms with E-state index < -0.39 is 46.6 Å². The van der Waals surface area contributed by atoms with Gasteiger partial charge in [0.1, 0.15) is 5.69 Å². The first-order valence-corrected chi connectivity index (χ1v) is 14.3. The maximum Gasteiger partial charge on any atom is 0.586 e. The maximum atomic E-state index is 14.8. The van der Waals surface area contributed by atoms with Crippen LogP contribution in [0.2, 0.25) is 5.02 Å². The number of hydrogen-bond acceptors (Lipinski definition) is 8. The molecule has 17 heteroatoms. The first kappa shape index (κ1) is 29.8. The summed E-state index contributed by atoms with van der Waals surface area (Å²) in [4.78, 5) is 39.6. The number of piperidine rings is 1. The molecular formula is C29H21ClF5N7O4. The van der Waals surface area contributed by atoms with Crippen molar-refractivity contribution in [3.05, 3.63) is 70.3 Å². The zero-order valence-corrected chi connectivity index (χ0v) is 24.5. The minimum Gasteiger partial charge on any atom is -0.395 e. The van der Waals surface area contributed by atoms with Gasteiger partial charge in [0, 0.05) is 41.5 Å². The highest BCUT2D eigenvalue weighted by molar-refractivity contribution is 6.31. The lowest BCUT2D eigenvalue weighted by molar-refractivity contribution is -0.286. The van der Waals surface area contributed by atoms with Gasteiger partial charge in [0.25, 0.3) is 12.3 Å². The highest BCUT2D eigenvalue weighted by atomic mass is 35.5. The van der Waals surface area contributed by atoms with Gasteiger partial charge >= 0.3 is 6.29 Å². The van der Waals surface area contributed by atoms with Crippen LogP contribution < -0.4 is 19.7 Å². The van der Waals surface area contributed by atoms with Gasteiger partial charge in [0.2, 0.25) is 11.7 Å². The van der Waals surface area contributed by atoms with Gasteiger partial charge in [0.15, 0.2) is 17.4 Å². The number of benzene rings is 1. The largest absolute Gasteiger partial charge is 0.586 e. The summed E-state index contributed by atoms with van der Waals surface area (Å²) in [5.41, 5.74) is -1.43. The fourth-order valence-electron chi connectivity index (χ4n) is 5.63. The fourth-order valence-corrected chi connectivity index (χ4v) is 5.79. The predicted molar refractivity (Wildman–Crippen MR) is 151 cm³/mol. The van der Waals surface area contributed by atoms with Crippen LogP contribution in [0.15, 0.2) is 36.9 Å². The number of anilines is 2. The van der Waals surface area contributed by atoms with E-state index in [0.29, 0.717) is 6.54 Å². The smallest absolute Gasteiger partial charge is 0.395 e. The zero-order valence-electron chi connectivity index (χ0n) is 23.8. The average Bonchev–Trinajstić information content (AvgIpc) is 3.29. The van der Waals surface area contributed by atoms with E-state index in [2.05, 4.69) is 25.4 Å². The van der Waals surface area contributed by atoms with Gasteiger partial charge in [-0.1, -0.05) is 17.7 Å². The number of ether oxygens (including phenoxy) is 2. The number of carbonyl (C=O) groups is 2. The molecule has 1 saturated heterocycles. The molecule has 3 aliphatic rings. The van der Waals surface area contributed by atoms with E-state index in [4.69, 9.17) is 21.1 Å². The zero-order chi connectivity index (χ0) is 32.7. The molecule has 1 saturated carbocycles. The molecule has 1 unspecified atom stereocenters. The number of rotatable bonds is 7. The van der Waals surface area contributed by atoms with Crippen LogP contribution in [-0.2, 0) is 4.79 Å². The molecule has 4 aromatic rings. The number of fused-ring (bicyclic) bond motifs is 2. The van der Waals surface area contributed by atoms with Crippen molar-refractivity contribution in [2.45, 2.75) is 39.0 Å². The Morgan fingerprint density at radius 3 is 2.61 bits per heavy atom. The fraction of sp³-hybridized carbons (Fsp3) is 0.310. The SMILES string of the molecule is Cc1ncc(-c2c(C(F)F)ccc(Cl)c2F)nc1C(=O)Nc1cnn(C(C)c2cnc(N3C[C@H]4C[C@H]4C3=O)c3c2OC(F)(F)O3)c1. The monoisotopic (exact) mass is 661 g/mol. The van der Waals surface area contributed by atoms with Gasteiger partial charge in [-0.15, -0.1) is 8.78 Å². The number of carbonyl (C=O) groups excluding carboxylic acids is 2. The lowest BCUT2D eigenvalue weighted by Gasteiger charge is -2.20. The Balaban J connectivity index is 1.14. The van der Waals surface area contributed by atoms with Crippen LogP contribution in [0, 0.1) is 24.6 Å². The van der Waals surface area contributed by atoms with Crippen molar-refractivity contribution >= 4 is 34.9 Å². The van der Waals surface area contributed by atoms with Gasteiger partial charge in [-0.3, -0.25) is 24.2 Å². The molecule has 46 heavy (non-hydrogen) atoms. The lowest BCUT2D eigenvalue weighted by atomic mass is 10.0. The second-order valence-electron chi connectivity index (χ2n) is 11.1. The molecule has 7 rings (SSSR count). The Labute approximate surface area is 261 Å². The summed E-state index contributed by atoms with van der Waals surface area (Å²) >= 11 is 5.82. The average molecular weight is 662 g/mol. The Bertz CT molecular complexity index is 1940. The molecule has 238 valence electrons. The second-order valence-corrected chi connectivity index (χ2v) is 11.5. The second kappa shape index (κ2) is 10.6. The molecule has 1 aromatic carbocycles. The van der Waals surface area contributed by atoms with Gasteiger partial charge in [-0.25, -0.2) is 23.1 Å². The Hall–Kier alpha value is -4.86. The molecule has 3 atom stereocenters. The van der Waals surface area contributed by atoms with Crippen molar-refractivity contribution in [3.63, 3.8) is 0 Å². The molecule has 0 bridgehead atoms. The third-order valence-electron chi connectivity index (χ3n) is 8.11. The number of nitrogens with zero attached hydrogens (tertiary/aromatic N) is 6. The summed E-state index contributed by atoms with van der Waals surface area (Å²) in [6.07, 6.45) is -1.26. The van der Waals surface area contributed by atoms with E-state index in [1.807, 2.05) is 0 Å². The molecule has 2 fully saturated rings. The van der Waals surface area contributed by atoms with Crippen molar-refractivity contribution in [3.8, 4) is 22.8 Å².